The summed E-state index contributed by atoms with van der Waals surface area (Å²) in [5, 5.41) is 0.627. The molecule has 0 saturated carbocycles. The van der Waals surface area contributed by atoms with Crippen LogP contribution in [0.2, 0.25) is 5.02 Å². The van der Waals surface area contributed by atoms with E-state index in [0.29, 0.717) is 10.6 Å². The van der Waals surface area contributed by atoms with E-state index in [1.165, 1.54) is 19.3 Å². The quantitative estimate of drug-likeness (QED) is 0.687. The number of benzene rings is 1. The van der Waals surface area contributed by atoms with Gasteiger partial charge in [-0.05, 0) is 43.4 Å². The Morgan fingerprint density at radius 1 is 1.12 bits per heavy atom. The van der Waals surface area contributed by atoms with Crippen molar-refractivity contribution in [2.75, 3.05) is 0 Å². The Kier molecular flexibility index (Phi) is 4.38. The molecule has 0 radical (unpaired) electrons. The molecule has 1 aliphatic rings. The minimum atomic E-state index is 0.148. The minimum absolute atomic E-state index is 0.148. The molecule has 2 rings (SSSR count). The first-order chi connectivity index (χ1) is 8.27. The van der Waals surface area contributed by atoms with Gasteiger partial charge in [0.2, 0.25) is 0 Å². The van der Waals surface area contributed by atoms with Crippen molar-refractivity contribution in [2.24, 2.45) is 0 Å². The number of hydrogen-bond acceptors (Lipinski definition) is 1. The molecule has 1 aromatic carbocycles. The lowest BCUT2D eigenvalue weighted by Crippen LogP contribution is -2.05. The van der Waals surface area contributed by atoms with E-state index in [-0.39, 0.29) is 5.78 Å². The SMILES string of the molecule is O=C(/C1=C/CCCCCC1)c1cccc(Cl)c1. The molecule has 0 aliphatic heterocycles. The van der Waals surface area contributed by atoms with E-state index < -0.39 is 0 Å². The third-order valence-electron chi connectivity index (χ3n) is 3.17. The van der Waals surface area contributed by atoms with Crippen molar-refractivity contribution in [3.8, 4) is 0 Å². The molecule has 1 aliphatic carbocycles. The number of halogens is 1. The Bertz CT molecular complexity index is 434. The Morgan fingerprint density at radius 2 is 1.94 bits per heavy atom. The highest BCUT2D eigenvalue weighted by molar-refractivity contribution is 6.31. The normalized spacial score (nSPS) is 19.9. The van der Waals surface area contributed by atoms with E-state index in [1.807, 2.05) is 12.1 Å². The van der Waals surface area contributed by atoms with E-state index in [9.17, 15) is 4.79 Å². The number of rotatable bonds is 2. The van der Waals surface area contributed by atoms with Gasteiger partial charge in [-0.3, -0.25) is 4.79 Å². The first-order valence-electron chi connectivity index (χ1n) is 6.26. The first kappa shape index (κ1) is 12.4. The Labute approximate surface area is 107 Å². The second kappa shape index (κ2) is 6.02. The lowest BCUT2D eigenvalue weighted by atomic mass is 9.94. The van der Waals surface area contributed by atoms with Crippen LogP contribution in [0.5, 0.6) is 0 Å². The van der Waals surface area contributed by atoms with Crippen LogP contribution in [0.15, 0.2) is 35.9 Å². The Balaban J connectivity index is 2.18. The van der Waals surface area contributed by atoms with Gasteiger partial charge in [-0.15, -0.1) is 0 Å². The van der Waals surface area contributed by atoms with Gasteiger partial charge in [0.1, 0.15) is 0 Å². The van der Waals surface area contributed by atoms with Gasteiger partial charge in [0, 0.05) is 10.6 Å². The van der Waals surface area contributed by atoms with Gasteiger partial charge < -0.3 is 0 Å². The molecule has 0 N–H and O–H groups in total. The van der Waals surface area contributed by atoms with Crippen LogP contribution in [0.25, 0.3) is 0 Å². The molecular weight excluding hydrogens is 232 g/mol. The molecule has 0 bridgehead atoms. The van der Waals surface area contributed by atoms with Crippen molar-refractivity contribution in [3.05, 3.63) is 46.5 Å². The van der Waals surface area contributed by atoms with Gasteiger partial charge >= 0.3 is 0 Å². The number of hydrogen-bond donors (Lipinski definition) is 0. The molecule has 2 heteroatoms. The third-order valence-corrected chi connectivity index (χ3v) is 3.40. The van der Waals surface area contributed by atoms with Crippen LogP contribution in [0.4, 0.5) is 0 Å². The van der Waals surface area contributed by atoms with Crippen LogP contribution in [0, 0.1) is 0 Å². The standard InChI is InChI=1S/C15H17ClO/c16-14-10-6-9-13(11-14)15(17)12-7-4-2-1-3-5-8-12/h6-7,9-11H,1-5,8H2/b12-7+. The molecule has 17 heavy (non-hydrogen) atoms. The molecule has 1 aromatic rings. The summed E-state index contributed by atoms with van der Waals surface area (Å²) in [5.41, 5.74) is 1.68. The predicted octanol–water partition coefficient (Wildman–Crippen LogP) is 4.80. The maximum Gasteiger partial charge on any atom is 0.188 e. The zero-order valence-electron chi connectivity index (χ0n) is 9.92. The van der Waals surface area contributed by atoms with E-state index in [1.54, 1.807) is 12.1 Å². The second-order valence-corrected chi connectivity index (χ2v) is 4.96. The van der Waals surface area contributed by atoms with Crippen molar-refractivity contribution >= 4 is 17.4 Å². The molecule has 0 heterocycles. The summed E-state index contributed by atoms with van der Waals surface area (Å²) in [6.07, 6.45) is 8.90. The molecule has 0 fully saturated rings. The highest BCUT2D eigenvalue weighted by Crippen LogP contribution is 2.21. The van der Waals surface area contributed by atoms with E-state index in [2.05, 4.69) is 6.08 Å². The molecule has 0 unspecified atom stereocenters. The Hall–Kier alpha value is -1.08. The fraction of sp³-hybridized carbons (Fsp3) is 0.400. The van der Waals surface area contributed by atoms with Crippen molar-refractivity contribution < 1.29 is 4.79 Å². The van der Waals surface area contributed by atoms with Crippen molar-refractivity contribution in [1.29, 1.82) is 0 Å². The average molecular weight is 249 g/mol. The smallest absolute Gasteiger partial charge is 0.188 e. The molecule has 0 spiro atoms. The Morgan fingerprint density at radius 3 is 2.76 bits per heavy atom. The van der Waals surface area contributed by atoms with Crippen molar-refractivity contribution in [2.45, 2.75) is 38.5 Å². The highest BCUT2D eigenvalue weighted by Gasteiger charge is 2.13. The van der Waals surface area contributed by atoms with Crippen LogP contribution in [-0.2, 0) is 0 Å². The number of carbonyl (C=O) groups excluding carboxylic acids is 1. The molecule has 0 amide bonds. The van der Waals surface area contributed by atoms with Crippen molar-refractivity contribution in [3.63, 3.8) is 0 Å². The average Bonchev–Trinajstić information content (AvgIpc) is 2.28. The zero-order chi connectivity index (χ0) is 12.1. The van der Waals surface area contributed by atoms with Gasteiger partial charge in [0.25, 0.3) is 0 Å². The summed E-state index contributed by atoms with van der Waals surface area (Å²) in [6.45, 7) is 0. The van der Waals surface area contributed by atoms with E-state index in [4.69, 9.17) is 11.6 Å². The van der Waals surface area contributed by atoms with Crippen LogP contribution < -0.4 is 0 Å². The summed E-state index contributed by atoms with van der Waals surface area (Å²) < 4.78 is 0. The van der Waals surface area contributed by atoms with Crippen LogP contribution >= 0.6 is 11.6 Å². The molecule has 0 saturated heterocycles. The first-order valence-corrected chi connectivity index (χ1v) is 6.64. The lowest BCUT2D eigenvalue weighted by molar-refractivity contribution is 0.102. The summed E-state index contributed by atoms with van der Waals surface area (Å²) in [7, 11) is 0. The monoisotopic (exact) mass is 248 g/mol. The van der Waals surface area contributed by atoms with E-state index >= 15 is 0 Å². The predicted molar refractivity (Wildman–Crippen MR) is 71.6 cm³/mol. The number of ketones is 1. The molecule has 90 valence electrons. The molecule has 0 atom stereocenters. The van der Waals surface area contributed by atoms with Crippen LogP contribution in [0.1, 0.15) is 48.9 Å². The summed E-state index contributed by atoms with van der Waals surface area (Å²) in [5.74, 6) is 0.148. The molecule has 1 nitrogen and oxygen atoms in total. The highest BCUT2D eigenvalue weighted by atomic mass is 35.5. The fourth-order valence-electron chi connectivity index (χ4n) is 2.21. The van der Waals surface area contributed by atoms with Gasteiger partial charge in [-0.2, -0.15) is 0 Å². The molecular formula is C15H17ClO. The summed E-state index contributed by atoms with van der Waals surface area (Å²) in [6, 6.07) is 7.22. The summed E-state index contributed by atoms with van der Waals surface area (Å²) >= 11 is 5.91. The van der Waals surface area contributed by atoms with Crippen molar-refractivity contribution in [1.82, 2.24) is 0 Å². The van der Waals surface area contributed by atoms with Gasteiger partial charge in [0.05, 0.1) is 0 Å². The fourth-order valence-corrected chi connectivity index (χ4v) is 2.40. The van der Waals surface area contributed by atoms with Crippen LogP contribution in [0.3, 0.4) is 0 Å². The lowest BCUT2D eigenvalue weighted by Gasteiger charge is -2.10. The summed E-state index contributed by atoms with van der Waals surface area (Å²) in [4.78, 5) is 12.3. The number of Topliss-reactive ketones (excluding diaryl/α,β-unsaturated/α-hetero) is 1. The second-order valence-electron chi connectivity index (χ2n) is 4.52. The number of carbonyl (C=O) groups is 1. The van der Waals surface area contributed by atoms with Gasteiger partial charge in [0.15, 0.2) is 5.78 Å². The minimum Gasteiger partial charge on any atom is -0.289 e. The third kappa shape index (κ3) is 3.44. The molecule has 0 aromatic heterocycles. The van der Waals surface area contributed by atoms with Gasteiger partial charge in [-0.1, -0.05) is 42.7 Å². The maximum absolute atomic E-state index is 12.3. The van der Waals surface area contributed by atoms with Gasteiger partial charge in [-0.25, -0.2) is 0 Å². The largest absolute Gasteiger partial charge is 0.289 e. The van der Waals surface area contributed by atoms with E-state index in [0.717, 1.165) is 24.8 Å². The topological polar surface area (TPSA) is 17.1 Å². The van der Waals surface area contributed by atoms with Crippen LogP contribution in [-0.4, -0.2) is 5.78 Å². The number of allylic oxidation sites excluding steroid dienone is 2. The maximum atomic E-state index is 12.3. The zero-order valence-corrected chi connectivity index (χ0v) is 10.7.